The minimum atomic E-state index is -0.722. The van der Waals surface area contributed by atoms with Gasteiger partial charge < -0.3 is 29.2 Å². The largest absolute Gasteiger partial charge is 0.493 e. The van der Waals surface area contributed by atoms with Gasteiger partial charge in [0.2, 0.25) is 0 Å². The van der Waals surface area contributed by atoms with E-state index in [-0.39, 0.29) is 25.1 Å². The number of oxazole rings is 1. The van der Waals surface area contributed by atoms with Crippen LogP contribution in [0.1, 0.15) is 35.8 Å². The summed E-state index contributed by atoms with van der Waals surface area (Å²) in [4.78, 5) is 19.4. The number of nitrogens with zero attached hydrogens (tertiary/aromatic N) is 2. The first-order valence-corrected chi connectivity index (χ1v) is 11.2. The number of anilines is 1. The van der Waals surface area contributed by atoms with Crippen molar-refractivity contribution in [3.05, 3.63) is 52.5 Å². The van der Waals surface area contributed by atoms with Crippen LogP contribution in [-0.4, -0.2) is 66.1 Å². The lowest BCUT2D eigenvalue weighted by atomic mass is 10.0. The van der Waals surface area contributed by atoms with Gasteiger partial charge >= 0.3 is 0 Å². The topological polar surface area (TPSA) is 97.1 Å². The summed E-state index contributed by atoms with van der Waals surface area (Å²) in [6, 6.07) is 8.93. The van der Waals surface area contributed by atoms with Crippen molar-refractivity contribution in [2.24, 2.45) is 0 Å². The Morgan fingerprint density at radius 3 is 2.88 bits per heavy atom. The molecule has 2 N–H and O–H groups in total. The average Bonchev–Trinajstić information content (AvgIpc) is 3.23. The molecule has 0 bridgehead atoms. The molecular weight excluding hydrogens is 465 g/mol. The van der Waals surface area contributed by atoms with E-state index in [2.05, 4.69) is 10.3 Å². The number of morpholine rings is 1. The molecule has 1 aromatic heterocycles. The van der Waals surface area contributed by atoms with E-state index < -0.39 is 24.4 Å². The van der Waals surface area contributed by atoms with Crippen LogP contribution in [0.25, 0.3) is 11.1 Å². The third-order valence-electron chi connectivity index (χ3n) is 5.76. The highest BCUT2D eigenvalue weighted by Gasteiger charge is 2.37. The van der Waals surface area contributed by atoms with E-state index in [1.54, 1.807) is 41.3 Å². The van der Waals surface area contributed by atoms with Gasteiger partial charge in [-0.2, -0.15) is 4.98 Å². The van der Waals surface area contributed by atoms with Crippen LogP contribution in [0.15, 0.2) is 40.8 Å². The quantitative estimate of drug-likeness (QED) is 0.510. The second-order valence-corrected chi connectivity index (χ2v) is 9.23. The second kappa shape index (κ2) is 9.77. The number of hydrogen-bond donors (Lipinski definition) is 2. The number of aromatic nitrogens is 1. The molecule has 0 aliphatic carbocycles. The Bertz CT molecular complexity index is 1180. The van der Waals surface area contributed by atoms with Gasteiger partial charge in [0.05, 0.1) is 38.0 Å². The molecule has 1 amide bonds. The minimum absolute atomic E-state index is 0.0845. The Balaban J connectivity index is 1.65. The maximum absolute atomic E-state index is 13.8. The number of halogens is 2. The summed E-state index contributed by atoms with van der Waals surface area (Å²) in [7, 11) is 1.46. The third kappa shape index (κ3) is 4.96. The number of carbonyl (C=O) groups is 1. The SMILES string of the molecule is COc1cc(C(=O)N2CC(C)(C)OCC2CO)cc2nc(N[C@H](CF)c3cccc(Cl)c3)oc12. The number of methoxy groups -OCH3 is 1. The first-order chi connectivity index (χ1) is 16.2. The van der Waals surface area contributed by atoms with E-state index in [1.165, 1.54) is 7.11 Å². The predicted molar refractivity (Wildman–Crippen MR) is 126 cm³/mol. The molecule has 8 nitrogen and oxygen atoms in total. The van der Waals surface area contributed by atoms with Crippen molar-refractivity contribution in [1.82, 2.24) is 9.88 Å². The number of ether oxygens (including phenoxy) is 2. The van der Waals surface area contributed by atoms with E-state index in [0.29, 0.717) is 39.5 Å². The number of hydrogen-bond acceptors (Lipinski definition) is 7. The summed E-state index contributed by atoms with van der Waals surface area (Å²) in [6.07, 6.45) is 0. The van der Waals surface area contributed by atoms with Crippen molar-refractivity contribution in [2.75, 3.05) is 38.9 Å². The maximum Gasteiger partial charge on any atom is 0.296 e. The number of aliphatic hydroxyl groups is 1. The molecule has 2 heterocycles. The van der Waals surface area contributed by atoms with Gasteiger partial charge in [-0.05, 0) is 43.7 Å². The molecule has 182 valence electrons. The third-order valence-corrected chi connectivity index (χ3v) is 5.99. The molecule has 0 saturated carbocycles. The van der Waals surface area contributed by atoms with Crippen LogP contribution in [0.5, 0.6) is 5.75 Å². The second-order valence-electron chi connectivity index (χ2n) is 8.79. The van der Waals surface area contributed by atoms with Crippen LogP contribution < -0.4 is 10.1 Å². The highest BCUT2D eigenvalue weighted by Crippen LogP contribution is 2.33. The van der Waals surface area contributed by atoms with Gasteiger partial charge in [0, 0.05) is 17.1 Å². The smallest absolute Gasteiger partial charge is 0.296 e. The van der Waals surface area contributed by atoms with Crippen LogP contribution in [-0.2, 0) is 4.74 Å². The molecule has 0 spiro atoms. The predicted octanol–water partition coefficient (Wildman–Crippen LogP) is 4.22. The molecule has 4 rings (SSSR count). The molecule has 3 aromatic rings. The van der Waals surface area contributed by atoms with Crippen molar-refractivity contribution in [2.45, 2.75) is 31.5 Å². The van der Waals surface area contributed by atoms with Crippen LogP contribution in [0.2, 0.25) is 5.02 Å². The molecule has 1 saturated heterocycles. The number of benzene rings is 2. The van der Waals surface area contributed by atoms with E-state index in [4.69, 9.17) is 25.5 Å². The van der Waals surface area contributed by atoms with Crippen molar-refractivity contribution < 1.29 is 28.2 Å². The fourth-order valence-corrected chi connectivity index (χ4v) is 4.17. The molecule has 1 aliphatic heterocycles. The lowest BCUT2D eigenvalue weighted by molar-refractivity contribution is -0.110. The molecule has 2 atom stereocenters. The fourth-order valence-electron chi connectivity index (χ4n) is 3.97. The molecular formula is C24H27ClFN3O5. The number of fused-ring (bicyclic) bond motifs is 1. The summed E-state index contributed by atoms with van der Waals surface area (Å²) in [5, 5.41) is 13.2. The molecule has 1 unspecified atom stereocenters. The molecule has 0 radical (unpaired) electrons. The fraction of sp³-hybridized carbons (Fsp3) is 0.417. The van der Waals surface area contributed by atoms with E-state index in [1.807, 2.05) is 13.8 Å². The zero-order valence-electron chi connectivity index (χ0n) is 19.2. The lowest BCUT2D eigenvalue weighted by Crippen LogP contribution is -2.57. The normalized spacial score (nSPS) is 18.6. The summed E-state index contributed by atoms with van der Waals surface area (Å²) in [6.45, 7) is 3.41. The van der Waals surface area contributed by atoms with Crippen molar-refractivity contribution in [1.29, 1.82) is 0 Å². The number of carbonyl (C=O) groups excluding carboxylic acids is 1. The monoisotopic (exact) mass is 491 g/mol. The molecule has 10 heteroatoms. The zero-order chi connectivity index (χ0) is 24.5. The first kappa shape index (κ1) is 24.3. The zero-order valence-corrected chi connectivity index (χ0v) is 19.9. The lowest BCUT2D eigenvalue weighted by Gasteiger charge is -2.43. The Morgan fingerprint density at radius 2 is 2.21 bits per heavy atom. The molecule has 34 heavy (non-hydrogen) atoms. The van der Waals surface area contributed by atoms with Crippen LogP contribution in [0.3, 0.4) is 0 Å². The van der Waals surface area contributed by atoms with Gasteiger partial charge in [0.15, 0.2) is 11.3 Å². The van der Waals surface area contributed by atoms with E-state index in [9.17, 15) is 14.3 Å². The number of aliphatic hydroxyl groups excluding tert-OH is 1. The first-order valence-electron chi connectivity index (χ1n) is 10.9. The number of nitrogens with one attached hydrogen (secondary N) is 1. The molecule has 1 fully saturated rings. The highest BCUT2D eigenvalue weighted by atomic mass is 35.5. The van der Waals surface area contributed by atoms with Crippen molar-refractivity contribution in [3.63, 3.8) is 0 Å². The van der Waals surface area contributed by atoms with Gasteiger partial charge in [-0.1, -0.05) is 23.7 Å². The maximum atomic E-state index is 13.8. The van der Waals surface area contributed by atoms with Crippen molar-refractivity contribution in [3.8, 4) is 5.75 Å². The van der Waals surface area contributed by atoms with Gasteiger partial charge in [-0.3, -0.25) is 4.79 Å². The number of rotatable bonds is 7. The summed E-state index contributed by atoms with van der Waals surface area (Å²) in [5.74, 6) is 0.0303. The van der Waals surface area contributed by atoms with Gasteiger partial charge in [-0.15, -0.1) is 0 Å². The summed E-state index contributed by atoms with van der Waals surface area (Å²) < 4.78 is 30.8. The minimum Gasteiger partial charge on any atom is -0.493 e. The van der Waals surface area contributed by atoms with Gasteiger partial charge in [0.25, 0.3) is 11.9 Å². The Hall–Kier alpha value is -2.88. The average molecular weight is 492 g/mol. The summed E-state index contributed by atoms with van der Waals surface area (Å²) >= 11 is 6.04. The van der Waals surface area contributed by atoms with Crippen molar-refractivity contribution >= 4 is 34.6 Å². The molecule has 2 aromatic carbocycles. The van der Waals surface area contributed by atoms with E-state index >= 15 is 0 Å². The number of amides is 1. The molecule has 1 aliphatic rings. The van der Waals surface area contributed by atoms with Crippen LogP contribution >= 0.6 is 11.6 Å². The number of alkyl halides is 1. The summed E-state index contributed by atoms with van der Waals surface area (Å²) in [5.41, 5.74) is 1.14. The van der Waals surface area contributed by atoms with E-state index in [0.717, 1.165) is 0 Å². The van der Waals surface area contributed by atoms with Gasteiger partial charge in [0.1, 0.15) is 12.2 Å². The Morgan fingerprint density at radius 1 is 1.41 bits per heavy atom. The van der Waals surface area contributed by atoms with Crippen LogP contribution in [0, 0.1) is 0 Å². The Labute approximate surface area is 201 Å². The van der Waals surface area contributed by atoms with Crippen LogP contribution in [0.4, 0.5) is 10.4 Å². The standard InChI is InChI=1S/C24H27ClFN3O5/c1-24(2)13-29(17(11-30)12-33-24)22(31)15-8-18-21(20(9-15)32-3)34-23(27-18)28-19(10-26)14-5-4-6-16(25)7-14/h4-9,17,19,30H,10-13H2,1-3H3,(H,27,28)/t17?,19-/m1/s1. The van der Waals surface area contributed by atoms with Gasteiger partial charge in [-0.25, -0.2) is 4.39 Å². The Kier molecular flexibility index (Phi) is 6.97. The highest BCUT2D eigenvalue weighted by molar-refractivity contribution is 6.30.